The van der Waals surface area contributed by atoms with Gasteiger partial charge in [-0.05, 0) is 73.6 Å². The number of anilines is 1. The van der Waals surface area contributed by atoms with Crippen LogP contribution >= 0.6 is 0 Å². The minimum absolute atomic E-state index is 0.0431. The first-order valence-electron chi connectivity index (χ1n) is 11.1. The number of aliphatic hydroxyl groups excluding tert-OH is 1. The zero-order valence-electron chi connectivity index (χ0n) is 17.6. The number of aliphatic hydroxyl groups is 1. The number of benzene rings is 2. The molecule has 3 N–H and O–H groups in total. The van der Waals surface area contributed by atoms with Gasteiger partial charge in [0.2, 0.25) is 0 Å². The van der Waals surface area contributed by atoms with Gasteiger partial charge >= 0.3 is 0 Å². The van der Waals surface area contributed by atoms with Gasteiger partial charge in [0.1, 0.15) is 12.4 Å². The summed E-state index contributed by atoms with van der Waals surface area (Å²) in [5, 5.41) is 14.2. The van der Waals surface area contributed by atoms with E-state index in [1.54, 1.807) is 0 Å². The van der Waals surface area contributed by atoms with E-state index in [2.05, 4.69) is 64.6 Å². The summed E-state index contributed by atoms with van der Waals surface area (Å²) in [4.78, 5) is 5.93. The monoisotopic (exact) mass is 405 g/mol. The smallest absolute Gasteiger partial charge is 0.122 e. The van der Waals surface area contributed by atoms with Crippen LogP contribution in [0.5, 0.6) is 5.75 Å². The van der Waals surface area contributed by atoms with Crippen molar-refractivity contribution in [2.24, 2.45) is 5.92 Å². The van der Waals surface area contributed by atoms with Gasteiger partial charge in [-0.1, -0.05) is 12.1 Å². The molecule has 3 atom stereocenters. The van der Waals surface area contributed by atoms with Gasteiger partial charge in [0.15, 0.2) is 0 Å². The third kappa shape index (κ3) is 3.92. The molecule has 1 aromatic heterocycles. The number of ether oxygens (including phenoxy) is 1. The summed E-state index contributed by atoms with van der Waals surface area (Å²) in [7, 11) is 0. The normalized spacial score (nSPS) is 23.7. The van der Waals surface area contributed by atoms with Crippen LogP contribution in [0.1, 0.15) is 30.4 Å². The number of nitrogens with zero attached hydrogens (tertiary/aromatic N) is 1. The summed E-state index contributed by atoms with van der Waals surface area (Å²) in [6.07, 6.45) is 5.85. The van der Waals surface area contributed by atoms with Crippen molar-refractivity contribution in [1.29, 1.82) is 0 Å². The maximum atomic E-state index is 9.07. The second-order valence-electron chi connectivity index (χ2n) is 8.88. The first-order chi connectivity index (χ1) is 14.7. The van der Waals surface area contributed by atoms with E-state index in [1.807, 2.05) is 6.20 Å². The molecule has 0 amide bonds. The molecule has 5 nitrogen and oxygen atoms in total. The Hall–Kier alpha value is -2.50. The number of nitrogens with one attached hydrogen (secondary N) is 2. The molecule has 3 fully saturated rings. The lowest BCUT2D eigenvalue weighted by molar-refractivity contribution is 0.0323. The number of H-pyrrole nitrogens is 1. The van der Waals surface area contributed by atoms with E-state index in [1.165, 1.54) is 48.0 Å². The second-order valence-corrected chi connectivity index (χ2v) is 8.88. The zero-order chi connectivity index (χ0) is 20.5. The van der Waals surface area contributed by atoms with Crippen LogP contribution in [-0.4, -0.2) is 46.8 Å². The Kier molecular flexibility index (Phi) is 5.40. The number of hydrogen-bond donors (Lipinski definition) is 3. The first kappa shape index (κ1) is 19.5. The summed E-state index contributed by atoms with van der Waals surface area (Å²) in [6.45, 7) is 4.57. The standard InChI is InChI=1S/C25H31N3O2/c1-17-2-3-19(13-25(17)30-11-10-29)16-28-15-18-4-7-24(28)23(12-18)27-21-5-6-22-20(14-21)8-9-26-22/h2-3,5-6,8-9,13-14,18,23-24,26-27,29H,4,7,10-12,15-16H2,1H3. The van der Waals surface area contributed by atoms with Crippen molar-refractivity contribution in [1.82, 2.24) is 9.88 Å². The maximum Gasteiger partial charge on any atom is 0.122 e. The van der Waals surface area contributed by atoms with Gasteiger partial charge in [-0.15, -0.1) is 0 Å². The molecule has 3 heterocycles. The van der Waals surface area contributed by atoms with Gasteiger partial charge in [-0.25, -0.2) is 0 Å². The van der Waals surface area contributed by atoms with Crippen LogP contribution in [0.2, 0.25) is 0 Å². The molecule has 6 rings (SSSR count). The van der Waals surface area contributed by atoms with Crippen LogP contribution in [-0.2, 0) is 6.54 Å². The van der Waals surface area contributed by atoms with E-state index >= 15 is 0 Å². The Morgan fingerprint density at radius 3 is 2.97 bits per heavy atom. The molecule has 3 aliphatic rings. The molecule has 0 radical (unpaired) electrons. The van der Waals surface area contributed by atoms with Crippen molar-refractivity contribution < 1.29 is 9.84 Å². The molecule has 158 valence electrons. The lowest BCUT2D eigenvalue weighted by atomic mass is 9.76. The van der Waals surface area contributed by atoms with Crippen molar-refractivity contribution in [2.75, 3.05) is 25.1 Å². The van der Waals surface area contributed by atoms with Crippen LogP contribution in [0.15, 0.2) is 48.7 Å². The third-order valence-electron chi connectivity index (χ3n) is 6.78. The zero-order valence-corrected chi connectivity index (χ0v) is 17.6. The summed E-state index contributed by atoms with van der Waals surface area (Å²) in [6, 6.07) is 16.3. The van der Waals surface area contributed by atoms with E-state index in [4.69, 9.17) is 9.84 Å². The Bertz CT molecular complexity index is 1010. The highest BCUT2D eigenvalue weighted by Crippen LogP contribution is 2.38. The number of aryl methyl sites for hydroxylation is 1. The molecular formula is C25H31N3O2. The van der Waals surface area contributed by atoms with E-state index in [0.29, 0.717) is 18.7 Å². The quantitative estimate of drug-likeness (QED) is 0.548. The fraction of sp³-hybridized carbons (Fsp3) is 0.440. The van der Waals surface area contributed by atoms with Gasteiger partial charge in [0, 0.05) is 48.0 Å². The van der Waals surface area contributed by atoms with Crippen molar-refractivity contribution in [3.05, 3.63) is 59.8 Å². The molecule has 3 aromatic rings. The van der Waals surface area contributed by atoms with Gasteiger partial charge in [0.05, 0.1) is 6.61 Å². The van der Waals surface area contributed by atoms with Crippen molar-refractivity contribution >= 4 is 16.6 Å². The number of aromatic nitrogens is 1. The number of piperidine rings is 2. The molecule has 2 aliphatic heterocycles. The number of fused-ring (bicyclic) bond motifs is 4. The second kappa shape index (κ2) is 8.32. The number of aromatic amines is 1. The molecule has 30 heavy (non-hydrogen) atoms. The van der Waals surface area contributed by atoms with Gasteiger partial charge in [-0.3, -0.25) is 4.90 Å². The largest absolute Gasteiger partial charge is 0.491 e. The van der Waals surface area contributed by atoms with Crippen LogP contribution in [0, 0.1) is 12.8 Å². The summed E-state index contributed by atoms with van der Waals surface area (Å²) in [5.74, 6) is 1.65. The van der Waals surface area contributed by atoms with E-state index in [0.717, 1.165) is 23.8 Å². The molecule has 0 spiro atoms. The molecule has 2 bridgehead atoms. The predicted molar refractivity (Wildman–Crippen MR) is 121 cm³/mol. The average Bonchev–Trinajstić information content (AvgIpc) is 3.22. The van der Waals surface area contributed by atoms with Crippen LogP contribution in [0.4, 0.5) is 5.69 Å². The van der Waals surface area contributed by atoms with Gasteiger partial charge in [0.25, 0.3) is 0 Å². The highest BCUT2D eigenvalue weighted by Gasteiger charge is 2.40. The third-order valence-corrected chi connectivity index (χ3v) is 6.78. The van der Waals surface area contributed by atoms with E-state index in [-0.39, 0.29) is 6.61 Å². The Morgan fingerprint density at radius 1 is 1.17 bits per heavy atom. The topological polar surface area (TPSA) is 60.5 Å². The van der Waals surface area contributed by atoms with Crippen LogP contribution in [0.25, 0.3) is 10.9 Å². The maximum absolute atomic E-state index is 9.07. The summed E-state index contributed by atoms with van der Waals surface area (Å²) < 4.78 is 5.72. The molecule has 1 aliphatic carbocycles. The highest BCUT2D eigenvalue weighted by molar-refractivity contribution is 5.83. The SMILES string of the molecule is Cc1ccc(CN2CC3CCC2C(Nc2ccc4[nH]ccc4c2)C3)cc1OCCO. The summed E-state index contributed by atoms with van der Waals surface area (Å²) >= 11 is 0. The molecule has 1 saturated carbocycles. The predicted octanol–water partition coefficient (Wildman–Crippen LogP) is 4.31. The molecular weight excluding hydrogens is 374 g/mol. The molecule has 5 heteroatoms. The number of rotatable bonds is 7. The Morgan fingerprint density at radius 2 is 2.10 bits per heavy atom. The number of hydrogen-bond acceptors (Lipinski definition) is 4. The Balaban J connectivity index is 1.30. The van der Waals surface area contributed by atoms with Crippen LogP contribution in [0.3, 0.4) is 0 Å². The highest BCUT2D eigenvalue weighted by atomic mass is 16.5. The minimum Gasteiger partial charge on any atom is -0.491 e. The van der Waals surface area contributed by atoms with E-state index in [9.17, 15) is 0 Å². The lowest BCUT2D eigenvalue weighted by Gasteiger charge is -2.50. The van der Waals surface area contributed by atoms with Crippen molar-refractivity contribution in [3.8, 4) is 5.75 Å². The van der Waals surface area contributed by atoms with Crippen molar-refractivity contribution in [2.45, 2.75) is 44.8 Å². The minimum atomic E-state index is 0.0431. The average molecular weight is 406 g/mol. The van der Waals surface area contributed by atoms with Crippen molar-refractivity contribution in [3.63, 3.8) is 0 Å². The fourth-order valence-corrected chi connectivity index (χ4v) is 5.29. The first-order valence-corrected chi connectivity index (χ1v) is 11.1. The molecule has 2 saturated heterocycles. The summed E-state index contributed by atoms with van der Waals surface area (Å²) in [5.41, 5.74) is 4.81. The van der Waals surface area contributed by atoms with Crippen LogP contribution < -0.4 is 10.1 Å². The lowest BCUT2D eigenvalue weighted by Crippen LogP contribution is -2.57. The van der Waals surface area contributed by atoms with E-state index < -0.39 is 0 Å². The fourth-order valence-electron chi connectivity index (χ4n) is 5.29. The van der Waals surface area contributed by atoms with Gasteiger partial charge in [-0.2, -0.15) is 0 Å². The molecule has 2 aromatic carbocycles. The Labute approximate surface area is 178 Å². The molecule has 3 unspecified atom stereocenters. The van der Waals surface area contributed by atoms with Gasteiger partial charge < -0.3 is 20.1 Å².